The van der Waals surface area contributed by atoms with E-state index in [0.29, 0.717) is 11.3 Å². The van der Waals surface area contributed by atoms with Crippen LogP contribution in [0.4, 0.5) is 5.69 Å². The maximum atomic E-state index is 12.4. The first-order valence-electron chi connectivity index (χ1n) is 9.90. The van der Waals surface area contributed by atoms with E-state index >= 15 is 0 Å². The SMILES string of the molecule is C/C(=N/NC(=O)c1ccc(N/N=C(/C)c2ccccc2Br)cc1)c1ccccc1Br.O=S(=O)(O)O. The van der Waals surface area contributed by atoms with Gasteiger partial charge in [-0.1, -0.05) is 68.3 Å². The van der Waals surface area contributed by atoms with E-state index in [2.05, 4.69) is 52.9 Å². The largest absolute Gasteiger partial charge is 0.394 e. The fourth-order valence-corrected chi connectivity index (χ4v) is 3.82. The van der Waals surface area contributed by atoms with Crippen LogP contribution in [-0.2, 0) is 10.4 Å². The number of hydrogen-bond donors (Lipinski definition) is 4. The Balaban J connectivity index is 0.000000784. The molecule has 3 aromatic carbocycles. The first-order valence-corrected chi connectivity index (χ1v) is 12.9. The third-order valence-corrected chi connectivity index (χ3v) is 5.74. The molecule has 35 heavy (non-hydrogen) atoms. The molecular weight excluding hydrogens is 604 g/mol. The number of rotatable bonds is 6. The molecule has 0 atom stereocenters. The van der Waals surface area contributed by atoms with Crippen LogP contribution in [0.1, 0.15) is 35.3 Å². The third kappa shape index (κ3) is 10.1. The van der Waals surface area contributed by atoms with Gasteiger partial charge in [0.05, 0.1) is 17.1 Å². The van der Waals surface area contributed by atoms with E-state index in [1.54, 1.807) is 24.3 Å². The lowest BCUT2D eigenvalue weighted by atomic mass is 10.1. The van der Waals surface area contributed by atoms with Crippen LogP contribution in [0.5, 0.6) is 0 Å². The van der Waals surface area contributed by atoms with Crippen molar-refractivity contribution in [1.82, 2.24) is 5.43 Å². The zero-order chi connectivity index (χ0) is 26.0. The van der Waals surface area contributed by atoms with Gasteiger partial charge in [0.25, 0.3) is 5.91 Å². The number of halogens is 2. The Morgan fingerprint density at radius 3 is 1.66 bits per heavy atom. The summed E-state index contributed by atoms with van der Waals surface area (Å²) >= 11 is 7.01. The van der Waals surface area contributed by atoms with Crippen LogP contribution < -0.4 is 10.9 Å². The Morgan fingerprint density at radius 1 is 0.771 bits per heavy atom. The lowest BCUT2D eigenvalue weighted by Gasteiger charge is -2.07. The number of nitrogens with one attached hydrogen (secondary N) is 2. The van der Waals surface area contributed by atoms with Crippen molar-refractivity contribution in [2.45, 2.75) is 13.8 Å². The van der Waals surface area contributed by atoms with Crippen molar-refractivity contribution < 1.29 is 22.3 Å². The molecular formula is C23H22Br2N4O5S. The molecule has 0 radical (unpaired) electrons. The van der Waals surface area contributed by atoms with E-state index in [1.165, 1.54) is 0 Å². The summed E-state index contributed by atoms with van der Waals surface area (Å²) in [5.41, 5.74) is 10.4. The van der Waals surface area contributed by atoms with Crippen molar-refractivity contribution in [2.24, 2.45) is 10.2 Å². The fourth-order valence-electron chi connectivity index (χ4n) is 2.67. The fraction of sp³-hybridized carbons (Fsp3) is 0.0870. The Kier molecular flexibility index (Phi) is 10.7. The molecule has 1 amide bonds. The summed E-state index contributed by atoms with van der Waals surface area (Å²) in [6, 6.07) is 22.7. The van der Waals surface area contributed by atoms with Gasteiger partial charge in [0, 0.05) is 25.6 Å². The first-order chi connectivity index (χ1) is 16.5. The summed E-state index contributed by atoms with van der Waals surface area (Å²) in [6.45, 7) is 3.78. The normalized spacial score (nSPS) is 11.8. The van der Waals surface area contributed by atoms with E-state index in [-0.39, 0.29) is 5.91 Å². The maximum absolute atomic E-state index is 12.4. The molecule has 0 aliphatic heterocycles. The molecule has 0 aliphatic rings. The second kappa shape index (κ2) is 13.3. The molecule has 0 fully saturated rings. The van der Waals surface area contributed by atoms with Crippen LogP contribution >= 0.6 is 31.9 Å². The minimum atomic E-state index is -4.67. The first kappa shape index (κ1) is 28.3. The molecule has 0 bridgehead atoms. The van der Waals surface area contributed by atoms with Crippen molar-refractivity contribution in [1.29, 1.82) is 0 Å². The molecule has 0 spiro atoms. The average molecular weight is 626 g/mol. The highest BCUT2D eigenvalue weighted by atomic mass is 79.9. The summed E-state index contributed by atoms with van der Waals surface area (Å²) in [6.07, 6.45) is 0. The van der Waals surface area contributed by atoms with Gasteiger partial charge >= 0.3 is 10.4 Å². The van der Waals surface area contributed by atoms with Gasteiger partial charge in [-0.15, -0.1) is 0 Å². The van der Waals surface area contributed by atoms with Gasteiger partial charge in [0.1, 0.15) is 0 Å². The van der Waals surface area contributed by atoms with Gasteiger partial charge in [0.2, 0.25) is 0 Å². The van der Waals surface area contributed by atoms with E-state index < -0.39 is 10.4 Å². The molecule has 0 aliphatic carbocycles. The molecule has 3 aromatic rings. The van der Waals surface area contributed by atoms with Crippen molar-refractivity contribution in [3.05, 3.63) is 98.4 Å². The molecule has 0 unspecified atom stereocenters. The number of anilines is 1. The van der Waals surface area contributed by atoms with Crippen LogP contribution in [0, 0.1) is 0 Å². The molecule has 9 nitrogen and oxygen atoms in total. The third-order valence-electron chi connectivity index (χ3n) is 4.35. The Bertz CT molecular complexity index is 1340. The van der Waals surface area contributed by atoms with Gasteiger partial charge in [-0.2, -0.15) is 18.6 Å². The molecule has 0 saturated carbocycles. The summed E-state index contributed by atoms with van der Waals surface area (Å²) in [5.74, 6) is -0.277. The van der Waals surface area contributed by atoms with E-state index in [9.17, 15) is 4.79 Å². The summed E-state index contributed by atoms with van der Waals surface area (Å²) in [4.78, 5) is 12.4. The number of carbonyl (C=O) groups excluding carboxylic acids is 1. The number of benzene rings is 3. The highest BCUT2D eigenvalue weighted by Gasteiger charge is 2.07. The summed E-state index contributed by atoms with van der Waals surface area (Å²) < 4.78 is 33.5. The predicted octanol–water partition coefficient (Wildman–Crippen LogP) is 5.55. The smallest absolute Gasteiger partial charge is 0.278 e. The minimum Gasteiger partial charge on any atom is -0.278 e. The lowest BCUT2D eigenvalue weighted by molar-refractivity contribution is 0.0955. The van der Waals surface area contributed by atoms with E-state index in [1.807, 2.05) is 62.4 Å². The van der Waals surface area contributed by atoms with E-state index in [4.69, 9.17) is 17.5 Å². The topological polar surface area (TPSA) is 140 Å². The monoisotopic (exact) mass is 624 g/mol. The van der Waals surface area contributed by atoms with Crippen molar-refractivity contribution >= 4 is 65.3 Å². The van der Waals surface area contributed by atoms with Crippen LogP contribution in [0.15, 0.2) is 91.9 Å². The second-order valence-electron chi connectivity index (χ2n) is 6.93. The molecule has 3 rings (SSSR count). The van der Waals surface area contributed by atoms with Crippen LogP contribution in [-0.4, -0.2) is 34.9 Å². The highest BCUT2D eigenvalue weighted by molar-refractivity contribution is 9.10. The van der Waals surface area contributed by atoms with Crippen LogP contribution in [0.3, 0.4) is 0 Å². The molecule has 0 heterocycles. The Morgan fingerprint density at radius 2 is 1.20 bits per heavy atom. The van der Waals surface area contributed by atoms with Gasteiger partial charge in [-0.3, -0.25) is 19.3 Å². The quantitative estimate of drug-likeness (QED) is 0.161. The molecule has 0 saturated heterocycles. The number of hydrazone groups is 2. The van der Waals surface area contributed by atoms with Crippen molar-refractivity contribution in [3.8, 4) is 0 Å². The highest BCUT2D eigenvalue weighted by Crippen LogP contribution is 2.18. The van der Waals surface area contributed by atoms with Crippen molar-refractivity contribution in [3.63, 3.8) is 0 Å². The summed E-state index contributed by atoms with van der Waals surface area (Å²) in [7, 11) is -4.67. The second-order valence-corrected chi connectivity index (χ2v) is 9.54. The Labute approximate surface area is 220 Å². The van der Waals surface area contributed by atoms with Gasteiger partial charge in [-0.05, 0) is 50.2 Å². The molecule has 12 heteroatoms. The lowest BCUT2D eigenvalue weighted by Crippen LogP contribution is -2.19. The predicted molar refractivity (Wildman–Crippen MR) is 144 cm³/mol. The van der Waals surface area contributed by atoms with Crippen LogP contribution in [0.2, 0.25) is 0 Å². The number of hydrogen-bond acceptors (Lipinski definition) is 6. The van der Waals surface area contributed by atoms with Crippen LogP contribution in [0.25, 0.3) is 0 Å². The minimum absolute atomic E-state index is 0.277. The number of carbonyl (C=O) groups is 1. The summed E-state index contributed by atoms with van der Waals surface area (Å²) in [5, 5.41) is 8.61. The van der Waals surface area contributed by atoms with Crippen molar-refractivity contribution in [2.75, 3.05) is 5.43 Å². The number of nitrogens with zero attached hydrogens (tertiary/aromatic N) is 2. The Hall–Kier alpha value is -2.90. The average Bonchev–Trinajstić information content (AvgIpc) is 2.80. The zero-order valence-electron chi connectivity index (χ0n) is 18.6. The molecule has 184 valence electrons. The number of amides is 1. The molecule has 4 N–H and O–H groups in total. The zero-order valence-corrected chi connectivity index (χ0v) is 22.6. The standard InChI is InChI=1S/C23H20Br2N4O.H2O4S/c1-15(19-7-3-5-9-21(19)24)26-28-18-13-11-17(12-14-18)23(30)29-27-16(2)20-8-4-6-10-22(20)25;1-5(2,3)4/h3-14,28H,1-2H3,(H,29,30);(H2,1,2,3,4)/b26-15-,27-16-;. The van der Waals surface area contributed by atoms with Gasteiger partial charge < -0.3 is 0 Å². The molecule has 0 aromatic heterocycles. The van der Waals surface area contributed by atoms with E-state index in [0.717, 1.165) is 31.5 Å². The van der Waals surface area contributed by atoms with Gasteiger partial charge in [-0.25, -0.2) is 5.43 Å². The van der Waals surface area contributed by atoms with Gasteiger partial charge in [0.15, 0.2) is 0 Å². The maximum Gasteiger partial charge on any atom is 0.394 e.